The van der Waals surface area contributed by atoms with Crippen LogP contribution in [0.3, 0.4) is 0 Å². The monoisotopic (exact) mass is 477 g/mol. The van der Waals surface area contributed by atoms with Gasteiger partial charge in [-0.05, 0) is 35.6 Å². The average molecular weight is 478 g/mol. The van der Waals surface area contributed by atoms with Gasteiger partial charge in [0, 0.05) is 22.8 Å². The Bertz CT molecular complexity index is 1350. The summed E-state index contributed by atoms with van der Waals surface area (Å²) in [6.45, 7) is -0.0971. The fraction of sp³-hybridized carbons (Fsp3) is 0.190. The van der Waals surface area contributed by atoms with Gasteiger partial charge in [0.1, 0.15) is 29.4 Å². The van der Waals surface area contributed by atoms with Gasteiger partial charge in [-0.2, -0.15) is 4.98 Å². The zero-order valence-corrected chi connectivity index (χ0v) is 18.9. The van der Waals surface area contributed by atoms with Crippen molar-refractivity contribution in [2.24, 2.45) is 0 Å². The maximum Gasteiger partial charge on any atom is 0.304 e. The van der Waals surface area contributed by atoms with E-state index in [4.69, 9.17) is 9.47 Å². The first-order valence-electron chi connectivity index (χ1n) is 9.24. The molecule has 32 heavy (non-hydrogen) atoms. The summed E-state index contributed by atoms with van der Waals surface area (Å²) >= 11 is -0.500. The highest BCUT2D eigenvalue weighted by atomic mass is 32.2. The van der Waals surface area contributed by atoms with Gasteiger partial charge in [0.05, 0.1) is 26.3 Å². The van der Waals surface area contributed by atoms with Crippen LogP contribution in [0.5, 0.6) is 11.5 Å². The highest BCUT2D eigenvalue weighted by Gasteiger charge is 2.24. The zero-order valence-electron chi connectivity index (χ0n) is 17.2. The van der Waals surface area contributed by atoms with Gasteiger partial charge in [-0.3, -0.25) is 9.36 Å². The molecular formula is C21H17F2N3O4S2. The summed E-state index contributed by atoms with van der Waals surface area (Å²) in [5, 5.41) is 0. The Morgan fingerprint density at radius 1 is 1.12 bits per heavy atom. The van der Waals surface area contributed by atoms with Gasteiger partial charge in [0.25, 0.3) is 5.56 Å². The number of aromatic nitrogens is 3. The lowest BCUT2D eigenvalue weighted by atomic mass is 10.1. The molecular weight excluding hydrogens is 460 g/mol. The molecule has 0 aliphatic heterocycles. The van der Waals surface area contributed by atoms with Crippen molar-refractivity contribution in [3.05, 3.63) is 63.9 Å². The fourth-order valence-corrected chi connectivity index (χ4v) is 4.80. The Labute approximate surface area is 188 Å². The third-order valence-corrected chi connectivity index (χ3v) is 7.04. The number of halogens is 2. The Balaban J connectivity index is 2.00. The number of thiazole rings is 1. The number of ether oxygens (including phenoxy) is 2. The third kappa shape index (κ3) is 3.94. The first-order valence-corrected chi connectivity index (χ1v) is 11.6. The maximum absolute atomic E-state index is 14.7. The molecule has 0 amide bonds. The van der Waals surface area contributed by atoms with Gasteiger partial charge in [-0.1, -0.05) is 6.07 Å². The molecule has 4 aromatic rings. The standard InChI is InChI=1S/C21H17F2N3O4S2/c1-29-12-8-7-11(15(9-12)30-2)10-26-18(16-13(22)5-4-6-14(16)23)25-19-17(20(26)27)24-21(31-19)32(3)28/h4-9H,10H2,1-3H3. The molecule has 2 aromatic carbocycles. The van der Waals surface area contributed by atoms with E-state index in [0.717, 1.165) is 28.0 Å². The van der Waals surface area contributed by atoms with Crippen LogP contribution in [-0.2, 0) is 17.7 Å². The largest absolute Gasteiger partial charge is 0.610 e. The third-order valence-electron chi connectivity index (χ3n) is 4.76. The predicted octanol–water partition coefficient (Wildman–Crippen LogP) is 3.60. The molecule has 7 nitrogen and oxygen atoms in total. The van der Waals surface area contributed by atoms with E-state index in [2.05, 4.69) is 9.97 Å². The van der Waals surface area contributed by atoms with Crippen LogP contribution in [-0.4, -0.2) is 39.6 Å². The molecule has 0 aliphatic rings. The van der Waals surface area contributed by atoms with Crippen LogP contribution in [0.1, 0.15) is 5.56 Å². The normalized spacial score (nSPS) is 12.2. The van der Waals surface area contributed by atoms with E-state index in [1.54, 1.807) is 18.2 Å². The fourth-order valence-electron chi connectivity index (χ4n) is 3.21. The minimum Gasteiger partial charge on any atom is -0.610 e. The van der Waals surface area contributed by atoms with Crippen LogP contribution >= 0.6 is 11.3 Å². The molecule has 2 aromatic heterocycles. The van der Waals surface area contributed by atoms with Gasteiger partial charge < -0.3 is 14.0 Å². The molecule has 0 spiro atoms. The molecule has 0 saturated heterocycles. The van der Waals surface area contributed by atoms with Crippen LogP contribution in [0.4, 0.5) is 8.78 Å². The molecule has 1 atom stereocenters. The lowest BCUT2D eigenvalue weighted by molar-refractivity contribution is 0.390. The van der Waals surface area contributed by atoms with Crippen molar-refractivity contribution in [1.29, 1.82) is 0 Å². The summed E-state index contributed by atoms with van der Waals surface area (Å²) in [5.41, 5.74) is -0.512. The van der Waals surface area contributed by atoms with E-state index in [-0.39, 0.29) is 27.1 Å². The first kappa shape index (κ1) is 22.2. The van der Waals surface area contributed by atoms with Crippen molar-refractivity contribution >= 4 is 32.9 Å². The van der Waals surface area contributed by atoms with Crippen molar-refractivity contribution in [3.63, 3.8) is 0 Å². The van der Waals surface area contributed by atoms with Crippen LogP contribution in [0.25, 0.3) is 21.7 Å². The topological polar surface area (TPSA) is 89.3 Å². The second-order valence-electron chi connectivity index (χ2n) is 6.69. The maximum atomic E-state index is 14.7. The number of benzene rings is 2. The number of rotatable bonds is 6. The summed E-state index contributed by atoms with van der Waals surface area (Å²) in [4.78, 5) is 22.0. The number of hydrogen-bond donors (Lipinski definition) is 0. The highest BCUT2D eigenvalue weighted by Crippen LogP contribution is 2.30. The van der Waals surface area contributed by atoms with Gasteiger partial charge in [-0.15, -0.1) is 0 Å². The second-order valence-corrected chi connectivity index (χ2v) is 9.22. The van der Waals surface area contributed by atoms with Gasteiger partial charge in [0.2, 0.25) is 0 Å². The Kier molecular flexibility index (Phi) is 6.13. The van der Waals surface area contributed by atoms with Gasteiger partial charge in [0.15, 0.2) is 16.2 Å². The van der Waals surface area contributed by atoms with E-state index < -0.39 is 33.9 Å². The summed E-state index contributed by atoms with van der Waals surface area (Å²) in [5.74, 6) is -0.967. The highest BCUT2D eigenvalue weighted by molar-refractivity contribution is 7.92. The van der Waals surface area contributed by atoms with Crippen LogP contribution in [0.15, 0.2) is 45.5 Å². The summed E-state index contributed by atoms with van der Waals surface area (Å²) in [6.07, 6.45) is 1.43. The molecule has 0 fully saturated rings. The quantitative estimate of drug-likeness (QED) is 0.394. The summed E-state index contributed by atoms with van der Waals surface area (Å²) in [6, 6.07) is 8.41. The lowest BCUT2D eigenvalue weighted by Crippen LogP contribution is -2.25. The Morgan fingerprint density at radius 3 is 2.47 bits per heavy atom. The van der Waals surface area contributed by atoms with E-state index in [1.165, 1.54) is 26.5 Å². The zero-order chi connectivity index (χ0) is 23.0. The molecule has 0 bridgehead atoms. The second kappa shape index (κ2) is 8.85. The van der Waals surface area contributed by atoms with E-state index in [0.29, 0.717) is 17.1 Å². The van der Waals surface area contributed by atoms with Crippen molar-refractivity contribution in [2.45, 2.75) is 10.9 Å². The van der Waals surface area contributed by atoms with Crippen LogP contribution in [0.2, 0.25) is 0 Å². The lowest BCUT2D eigenvalue weighted by Gasteiger charge is -2.15. The number of nitrogens with zero attached hydrogens (tertiary/aromatic N) is 3. The smallest absolute Gasteiger partial charge is 0.304 e. The molecule has 0 aliphatic carbocycles. The van der Waals surface area contributed by atoms with E-state index in [9.17, 15) is 18.1 Å². The molecule has 1 unspecified atom stereocenters. The molecule has 4 rings (SSSR count). The molecule has 0 N–H and O–H groups in total. The molecule has 0 radical (unpaired) electrons. The number of fused-ring (bicyclic) bond motifs is 1. The predicted molar refractivity (Wildman–Crippen MR) is 118 cm³/mol. The minimum absolute atomic E-state index is 0.0202. The van der Waals surface area contributed by atoms with Crippen molar-refractivity contribution in [2.75, 3.05) is 20.5 Å². The van der Waals surface area contributed by atoms with E-state index in [1.807, 2.05) is 0 Å². The SMILES string of the molecule is COc1ccc(Cn2c(-c3c(F)cccc3F)nc3sc([S+](C)[O-])nc3c2=O)c(OC)c1. The minimum atomic E-state index is -1.45. The molecule has 2 heterocycles. The van der Waals surface area contributed by atoms with Gasteiger partial charge in [-0.25, -0.2) is 13.8 Å². The number of hydrogen-bond acceptors (Lipinski definition) is 7. The Hall–Kier alpha value is -3.02. The van der Waals surface area contributed by atoms with Crippen LogP contribution < -0.4 is 15.0 Å². The number of methoxy groups -OCH3 is 2. The van der Waals surface area contributed by atoms with Crippen LogP contribution in [0, 0.1) is 11.6 Å². The molecule has 166 valence electrons. The molecule has 11 heteroatoms. The molecule has 0 saturated carbocycles. The van der Waals surface area contributed by atoms with Crippen molar-refractivity contribution in [3.8, 4) is 22.9 Å². The first-order chi connectivity index (χ1) is 15.3. The summed E-state index contributed by atoms with van der Waals surface area (Å²) in [7, 11) is 2.97. The summed E-state index contributed by atoms with van der Waals surface area (Å²) < 4.78 is 53.1. The van der Waals surface area contributed by atoms with Crippen molar-refractivity contribution in [1.82, 2.24) is 14.5 Å². The average Bonchev–Trinajstić information content (AvgIpc) is 3.21. The Morgan fingerprint density at radius 2 is 1.84 bits per heavy atom. The van der Waals surface area contributed by atoms with Gasteiger partial charge >= 0.3 is 4.34 Å². The van der Waals surface area contributed by atoms with Crippen molar-refractivity contribution < 1.29 is 22.8 Å². The van der Waals surface area contributed by atoms with E-state index >= 15 is 0 Å².